The first-order chi connectivity index (χ1) is 11.6. The van der Waals surface area contributed by atoms with Crippen LogP contribution < -0.4 is 10.6 Å². The van der Waals surface area contributed by atoms with E-state index in [-0.39, 0.29) is 5.82 Å². The molecule has 1 aromatic carbocycles. The first-order valence-electron chi connectivity index (χ1n) is 7.63. The van der Waals surface area contributed by atoms with Crippen molar-refractivity contribution in [2.75, 3.05) is 10.6 Å². The first kappa shape index (κ1) is 15.9. The van der Waals surface area contributed by atoms with Crippen molar-refractivity contribution < 1.29 is 4.39 Å². The number of rotatable bonds is 5. The lowest BCUT2D eigenvalue weighted by atomic mass is 10.2. The van der Waals surface area contributed by atoms with Gasteiger partial charge in [0.15, 0.2) is 0 Å². The summed E-state index contributed by atoms with van der Waals surface area (Å²) in [5.41, 5.74) is 3.50. The highest BCUT2D eigenvalue weighted by atomic mass is 19.1. The zero-order valence-corrected chi connectivity index (χ0v) is 13.5. The van der Waals surface area contributed by atoms with Crippen LogP contribution in [0.25, 0.3) is 0 Å². The van der Waals surface area contributed by atoms with Crippen LogP contribution in [0.15, 0.2) is 48.7 Å². The van der Waals surface area contributed by atoms with Gasteiger partial charge in [-0.15, -0.1) is 0 Å². The summed E-state index contributed by atoms with van der Waals surface area (Å²) >= 11 is 0. The van der Waals surface area contributed by atoms with Crippen LogP contribution in [0.4, 0.5) is 21.8 Å². The van der Waals surface area contributed by atoms with Crippen molar-refractivity contribution in [2.24, 2.45) is 0 Å². The highest BCUT2D eigenvalue weighted by molar-refractivity contribution is 5.61. The molecule has 0 aliphatic carbocycles. The van der Waals surface area contributed by atoms with Gasteiger partial charge in [0.1, 0.15) is 11.6 Å². The molecule has 0 spiro atoms. The van der Waals surface area contributed by atoms with Crippen molar-refractivity contribution in [1.29, 1.82) is 0 Å². The van der Waals surface area contributed by atoms with Gasteiger partial charge in [-0.3, -0.25) is 4.98 Å². The summed E-state index contributed by atoms with van der Waals surface area (Å²) in [7, 11) is 0. The Hall–Kier alpha value is -3.02. The number of aromatic nitrogens is 3. The van der Waals surface area contributed by atoms with Gasteiger partial charge in [-0.1, -0.05) is 6.07 Å². The molecule has 0 radical (unpaired) electrons. The van der Waals surface area contributed by atoms with Gasteiger partial charge in [0, 0.05) is 23.1 Å². The Kier molecular flexibility index (Phi) is 4.65. The van der Waals surface area contributed by atoms with Crippen LogP contribution >= 0.6 is 0 Å². The van der Waals surface area contributed by atoms with Crippen LogP contribution in [0.5, 0.6) is 0 Å². The van der Waals surface area contributed by atoms with Gasteiger partial charge in [-0.2, -0.15) is 4.98 Å². The van der Waals surface area contributed by atoms with E-state index in [1.807, 2.05) is 32.0 Å². The second kappa shape index (κ2) is 7.04. The second-order valence-corrected chi connectivity index (χ2v) is 5.41. The maximum Gasteiger partial charge on any atom is 0.225 e. The number of aryl methyl sites for hydroxylation is 1. The van der Waals surface area contributed by atoms with E-state index in [1.165, 1.54) is 12.1 Å². The minimum atomic E-state index is -0.270. The van der Waals surface area contributed by atoms with E-state index in [1.54, 1.807) is 18.3 Å². The SMILES string of the molecule is Cc1nc(NCc2ccccn2)nc(Nc2ccc(F)cc2)c1C. The van der Waals surface area contributed by atoms with E-state index in [0.29, 0.717) is 18.3 Å². The molecule has 0 saturated heterocycles. The number of anilines is 3. The average Bonchev–Trinajstić information content (AvgIpc) is 2.60. The molecule has 0 aliphatic rings. The molecule has 5 nitrogen and oxygen atoms in total. The van der Waals surface area contributed by atoms with Gasteiger partial charge in [-0.05, 0) is 50.2 Å². The van der Waals surface area contributed by atoms with Gasteiger partial charge >= 0.3 is 0 Å². The van der Waals surface area contributed by atoms with Crippen LogP contribution in [0.2, 0.25) is 0 Å². The van der Waals surface area contributed by atoms with Crippen molar-refractivity contribution in [3.8, 4) is 0 Å². The fraction of sp³-hybridized carbons (Fsp3) is 0.167. The normalized spacial score (nSPS) is 10.5. The molecule has 0 bridgehead atoms. The highest BCUT2D eigenvalue weighted by Gasteiger charge is 2.09. The van der Waals surface area contributed by atoms with Crippen molar-refractivity contribution in [3.05, 3.63) is 71.4 Å². The number of hydrogen-bond donors (Lipinski definition) is 2. The van der Waals surface area contributed by atoms with E-state index in [4.69, 9.17) is 0 Å². The van der Waals surface area contributed by atoms with Gasteiger partial charge in [0.2, 0.25) is 5.95 Å². The van der Waals surface area contributed by atoms with Crippen molar-refractivity contribution >= 4 is 17.5 Å². The Morgan fingerprint density at radius 1 is 1.00 bits per heavy atom. The Morgan fingerprint density at radius 3 is 2.50 bits per heavy atom. The number of nitrogens with one attached hydrogen (secondary N) is 2. The summed E-state index contributed by atoms with van der Waals surface area (Å²) in [4.78, 5) is 13.2. The lowest BCUT2D eigenvalue weighted by molar-refractivity contribution is 0.628. The lowest BCUT2D eigenvalue weighted by Gasteiger charge is -2.13. The predicted molar refractivity (Wildman–Crippen MR) is 92.8 cm³/mol. The van der Waals surface area contributed by atoms with Crippen molar-refractivity contribution in [3.63, 3.8) is 0 Å². The Balaban J connectivity index is 1.79. The maximum atomic E-state index is 13.0. The molecule has 2 heterocycles. The van der Waals surface area contributed by atoms with Crippen LogP contribution in [0, 0.1) is 19.7 Å². The minimum Gasteiger partial charge on any atom is -0.349 e. The molecule has 3 aromatic rings. The first-order valence-corrected chi connectivity index (χ1v) is 7.63. The number of pyridine rings is 1. The fourth-order valence-corrected chi connectivity index (χ4v) is 2.17. The van der Waals surface area contributed by atoms with Crippen LogP contribution in [-0.2, 0) is 6.54 Å². The summed E-state index contributed by atoms with van der Waals surface area (Å²) in [6.07, 6.45) is 1.75. The predicted octanol–water partition coefficient (Wildman–Crippen LogP) is 3.98. The van der Waals surface area contributed by atoms with E-state index in [0.717, 1.165) is 22.6 Å². The fourth-order valence-electron chi connectivity index (χ4n) is 2.17. The molecule has 0 atom stereocenters. The molecule has 2 N–H and O–H groups in total. The average molecular weight is 323 g/mol. The molecule has 0 fully saturated rings. The van der Waals surface area contributed by atoms with Crippen LogP contribution in [0.1, 0.15) is 17.0 Å². The molecule has 0 saturated carbocycles. The molecule has 122 valence electrons. The van der Waals surface area contributed by atoms with Crippen LogP contribution in [0.3, 0.4) is 0 Å². The highest BCUT2D eigenvalue weighted by Crippen LogP contribution is 2.22. The summed E-state index contributed by atoms with van der Waals surface area (Å²) in [5.74, 6) is 0.944. The number of benzene rings is 1. The summed E-state index contributed by atoms with van der Waals surface area (Å²) < 4.78 is 13.0. The summed E-state index contributed by atoms with van der Waals surface area (Å²) in [6.45, 7) is 4.42. The maximum absolute atomic E-state index is 13.0. The number of hydrogen-bond acceptors (Lipinski definition) is 5. The van der Waals surface area contributed by atoms with Crippen molar-refractivity contribution in [1.82, 2.24) is 15.0 Å². The lowest BCUT2D eigenvalue weighted by Crippen LogP contribution is -2.09. The summed E-state index contributed by atoms with van der Waals surface area (Å²) in [5, 5.41) is 6.38. The van der Waals surface area contributed by atoms with Crippen molar-refractivity contribution in [2.45, 2.75) is 20.4 Å². The Morgan fingerprint density at radius 2 is 1.79 bits per heavy atom. The van der Waals surface area contributed by atoms with Crippen LogP contribution in [-0.4, -0.2) is 15.0 Å². The largest absolute Gasteiger partial charge is 0.349 e. The molecule has 24 heavy (non-hydrogen) atoms. The Labute approximate surface area is 140 Å². The third kappa shape index (κ3) is 3.84. The Bertz CT molecular complexity index is 819. The zero-order chi connectivity index (χ0) is 16.9. The standard InChI is InChI=1S/C18H18FN5/c1-12-13(2)22-18(21-11-16-5-3-4-10-20-16)24-17(12)23-15-8-6-14(19)7-9-15/h3-10H,11H2,1-2H3,(H2,21,22,23,24). The van der Waals surface area contributed by atoms with E-state index in [2.05, 4.69) is 25.6 Å². The molecule has 3 rings (SSSR count). The quantitative estimate of drug-likeness (QED) is 0.743. The molecule has 0 unspecified atom stereocenters. The van der Waals surface area contributed by atoms with E-state index >= 15 is 0 Å². The molecule has 0 aliphatic heterocycles. The van der Waals surface area contributed by atoms with E-state index < -0.39 is 0 Å². The van der Waals surface area contributed by atoms with Gasteiger partial charge < -0.3 is 10.6 Å². The van der Waals surface area contributed by atoms with Gasteiger partial charge in [0.05, 0.1) is 12.2 Å². The minimum absolute atomic E-state index is 0.270. The third-order valence-electron chi connectivity index (χ3n) is 3.65. The number of halogens is 1. The molecule has 0 amide bonds. The zero-order valence-electron chi connectivity index (χ0n) is 13.5. The smallest absolute Gasteiger partial charge is 0.225 e. The molecule has 2 aromatic heterocycles. The third-order valence-corrected chi connectivity index (χ3v) is 3.65. The van der Waals surface area contributed by atoms with E-state index in [9.17, 15) is 4.39 Å². The second-order valence-electron chi connectivity index (χ2n) is 5.41. The molecular formula is C18H18FN5. The van der Waals surface area contributed by atoms with Gasteiger partial charge in [0.25, 0.3) is 0 Å². The molecular weight excluding hydrogens is 305 g/mol. The number of nitrogens with zero attached hydrogens (tertiary/aromatic N) is 3. The monoisotopic (exact) mass is 323 g/mol. The topological polar surface area (TPSA) is 62.7 Å². The van der Waals surface area contributed by atoms with Gasteiger partial charge in [-0.25, -0.2) is 9.37 Å². The molecule has 6 heteroatoms. The summed E-state index contributed by atoms with van der Waals surface area (Å²) in [6, 6.07) is 11.9.